The van der Waals surface area contributed by atoms with Crippen molar-refractivity contribution in [1.82, 2.24) is 10.2 Å². The fourth-order valence-electron chi connectivity index (χ4n) is 3.14. The molecule has 0 aromatic rings. The molecule has 1 aliphatic rings. The van der Waals surface area contributed by atoms with E-state index in [0.29, 0.717) is 11.5 Å². The summed E-state index contributed by atoms with van der Waals surface area (Å²) in [5, 5.41) is 3.73. The van der Waals surface area contributed by atoms with Gasteiger partial charge in [0.05, 0.1) is 5.60 Å². The van der Waals surface area contributed by atoms with Crippen LogP contribution in [0, 0.1) is 5.41 Å². The number of rotatable bonds is 7. The van der Waals surface area contributed by atoms with Gasteiger partial charge in [-0.25, -0.2) is 0 Å². The molecular weight excluding hydrogens is 248 g/mol. The van der Waals surface area contributed by atoms with Crippen LogP contribution in [0.25, 0.3) is 0 Å². The Balaban J connectivity index is 2.46. The van der Waals surface area contributed by atoms with E-state index in [-0.39, 0.29) is 5.60 Å². The Morgan fingerprint density at radius 1 is 1.35 bits per heavy atom. The van der Waals surface area contributed by atoms with Gasteiger partial charge in [-0.15, -0.1) is 0 Å². The number of ether oxygens (including phenoxy) is 1. The van der Waals surface area contributed by atoms with Crippen LogP contribution in [-0.4, -0.2) is 49.8 Å². The number of piperidine rings is 1. The predicted molar refractivity (Wildman–Crippen MR) is 87.2 cm³/mol. The largest absolute Gasteiger partial charge is 0.377 e. The van der Waals surface area contributed by atoms with E-state index in [9.17, 15) is 0 Å². The standard InChI is InChI=1S/C17H36N2O/c1-7-11-18-15(16(2,3)4)9-13-19-12-8-10-17(5,14-19)20-6/h15,18H,7-14H2,1-6H3. The maximum atomic E-state index is 5.69. The van der Waals surface area contributed by atoms with Crippen LogP contribution in [0.4, 0.5) is 0 Å². The first-order valence-corrected chi connectivity index (χ1v) is 8.31. The number of hydrogen-bond donors (Lipinski definition) is 1. The zero-order valence-electron chi connectivity index (χ0n) is 14.6. The van der Waals surface area contributed by atoms with E-state index < -0.39 is 0 Å². The van der Waals surface area contributed by atoms with Gasteiger partial charge < -0.3 is 15.0 Å². The molecule has 3 heteroatoms. The lowest BCUT2D eigenvalue weighted by molar-refractivity contribution is -0.0517. The van der Waals surface area contributed by atoms with Gasteiger partial charge in [0, 0.05) is 19.7 Å². The van der Waals surface area contributed by atoms with Crippen LogP contribution in [0.5, 0.6) is 0 Å². The summed E-state index contributed by atoms with van der Waals surface area (Å²) >= 11 is 0. The van der Waals surface area contributed by atoms with E-state index in [1.54, 1.807) is 0 Å². The second kappa shape index (κ2) is 7.77. The Morgan fingerprint density at radius 2 is 2.05 bits per heavy atom. The Kier molecular flexibility index (Phi) is 6.96. The summed E-state index contributed by atoms with van der Waals surface area (Å²) in [6.07, 6.45) is 4.88. The topological polar surface area (TPSA) is 24.5 Å². The molecule has 1 aliphatic heterocycles. The van der Waals surface area contributed by atoms with Gasteiger partial charge >= 0.3 is 0 Å². The SMILES string of the molecule is CCCNC(CCN1CCCC(C)(OC)C1)C(C)(C)C. The number of hydrogen-bond acceptors (Lipinski definition) is 3. The van der Waals surface area contributed by atoms with Gasteiger partial charge in [-0.2, -0.15) is 0 Å². The van der Waals surface area contributed by atoms with Crippen molar-refractivity contribution in [3.8, 4) is 0 Å². The summed E-state index contributed by atoms with van der Waals surface area (Å²) in [5.74, 6) is 0. The summed E-state index contributed by atoms with van der Waals surface area (Å²) < 4.78 is 5.69. The molecule has 1 saturated heterocycles. The first-order valence-electron chi connectivity index (χ1n) is 8.31. The van der Waals surface area contributed by atoms with Crippen molar-refractivity contribution in [3.63, 3.8) is 0 Å². The van der Waals surface area contributed by atoms with E-state index >= 15 is 0 Å². The maximum absolute atomic E-state index is 5.69. The van der Waals surface area contributed by atoms with Gasteiger partial charge in [-0.1, -0.05) is 27.7 Å². The van der Waals surface area contributed by atoms with Gasteiger partial charge in [-0.3, -0.25) is 0 Å². The van der Waals surface area contributed by atoms with Crippen LogP contribution in [0.2, 0.25) is 0 Å². The molecule has 0 radical (unpaired) electrons. The third kappa shape index (κ3) is 5.71. The molecule has 0 aliphatic carbocycles. The van der Waals surface area contributed by atoms with E-state index in [1.807, 2.05) is 7.11 Å². The van der Waals surface area contributed by atoms with Gasteiger partial charge in [-0.05, 0) is 57.7 Å². The molecule has 2 atom stereocenters. The molecule has 0 bridgehead atoms. The second-order valence-electron chi connectivity index (χ2n) is 7.70. The lowest BCUT2D eigenvalue weighted by Crippen LogP contribution is -2.49. The monoisotopic (exact) mass is 284 g/mol. The molecule has 20 heavy (non-hydrogen) atoms. The zero-order chi connectivity index (χ0) is 15.2. The third-order valence-corrected chi connectivity index (χ3v) is 4.65. The lowest BCUT2D eigenvalue weighted by Gasteiger charge is -2.41. The van der Waals surface area contributed by atoms with Crippen molar-refractivity contribution in [2.75, 3.05) is 33.3 Å². The Morgan fingerprint density at radius 3 is 2.60 bits per heavy atom. The summed E-state index contributed by atoms with van der Waals surface area (Å²) in [7, 11) is 1.85. The quantitative estimate of drug-likeness (QED) is 0.776. The maximum Gasteiger partial charge on any atom is 0.0777 e. The van der Waals surface area contributed by atoms with E-state index in [2.05, 4.69) is 44.8 Å². The Bertz CT molecular complexity index is 275. The molecular formula is C17H36N2O. The highest BCUT2D eigenvalue weighted by Crippen LogP contribution is 2.26. The van der Waals surface area contributed by atoms with E-state index in [4.69, 9.17) is 4.74 Å². The molecule has 1 fully saturated rings. The predicted octanol–water partition coefficient (Wildman–Crippen LogP) is 3.29. The van der Waals surface area contributed by atoms with Crippen molar-refractivity contribution in [2.45, 2.75) is 71.9 Å². The molecule has 0 spiro atoms. The molecule has 2 unspecified atom stereocenters. The number of methoxy groups -OCH3 is 1. The molecule has 1 rings (SSSR count). The highest BCUT2D eigenvalue weighted by molar-refractivity contribution is 4.87. The van der Waals surface area contributed by atoms with Gasteiger partial charge in [0.1, 0.15) is 0 Å². The fraction of sp³-hybridized carbons (Fsp3) is 1.00. The molecule has 120 valence electrons. The van der Waals surface area contributed by atoms with E-state index in [0.717, 1.165) is 13.1 Å². The average molecular weight is 284 g/mol. The van der Waals surface area contributed by atoms with Crippen LogP contribution >= 0.6 is 0 Å². The van der Waals surface area contributed by atoms with Crippen molar-refractivity contribution in [1.29, 1.82) is 0 Å². The van der Waals surface area contributed by atoms with Crippen molar-refractivity contribution < 1.29 is 4.74 Å². The smallest absolute Gasteiger partial charge is 0.0777 e. The molecule has 1 heterocycles. The minimum atomic E-state index is 0.0618. The summed E-state index contributed by atoms with van der Waals surface area (Å²) in [6, 6.07) is 0.596. The Hall–Kier alpha value is -0.120. The lowest BCUT2D eigenvalue weighted by atomic mass is 9.84. The molecule has 0 amide bonds. The fourth-order valence-corrected chi connectivity index (χ4v) is 3.14. The van der Waals surface area contributed by atoms with Crippen LogP contribution in [0.3, 0.4) is 0 Å². The second-order valence-corrected chi connectivity index (χ2v) is 7.70. The van der Waals surface area contributed by atoms with Gasteiger partial charge in [0.2, 0.25) is 0 Å². The van der Waals surface area contributed by atoms with Crippen LogP contribution in [0.1, 0.15) is 60.3 Å². The number of nitrogens with zero attached hydrogens (tertiary/aromatic N) is 1. The van der Waals surface area contributed by atoms with Gasteiger partial charge in [0.25, 0.3) is 0 Å². The molecule has 3 nitrogen and oxygen atoms in total. The molecule has 1 N–H and O–H groups in total. The summed E-state index contributed by atoms with van der Waals surface area (Å²) in [4.78, 5) is 2.58. The minimum Gasteiger partial charge on any atom is -0.377 e. The first-order chi connectivity index (χ1) is 9.30. The van der Waals surface area contributed by atoms with E-state index in [1.165, 1.54) is 38.8 Å². The van der Waals surface area contributed by atoms with Crippen molar-refractivity contribution in [2.24, 2.45) is 5.41 Å². The zero-order valence-corrected chi connectivity index (χ0v) is 14.6. The number of likely N-dealkylation sites (tertiary alicyclic amines) is 1. The molecule has 0 aromatic carbocycles. The summed E-state index contributed by atoms with van der Waals surface area (Å²) in [6.45, 7) is 16.1. The molecule has 0 saturated carbocycles. The van der Waals surface area contributed by atoms with Crippen LogP contribution < -0.4 is 5.32 Å². The highest BCUT2D eigenvalue weighted by Gasteiger charge is 2.31. The van der Waals surface area contributed by atoms with Crippen molar-refractivity contribution >= 4 is 0 Å². The highest BCUT2D eigenvalue weighted by atomic mass is 16.5. The van der Waals surface area contributed by atoms with Gasteiger partial charge in [0.15, 0.2) is 0 Å². The average Bonchev–Trinajstić information content (AvgIpc) is 2.37. The van der Waals surface area contributed by atoms with Crippen molar-refractivity contribution in [3.05, 3.63) is 0 Å². The number of nitrogens with one attached hydrogen (secondary N) is 1. The Labute approximate surface area is 126 Å². The van der Waals surface area contributed by atoms with Crippen LogP contribution in [-0.2, 0) is 4.74 Å². The minimum absolute atomic E-state index is 0.0618. The molecule has 0 aromatic heterocycles. The van der Waals surface area contributed by atoms with Crippen LogP contribution in [0.15, 0.2) is 0 Å². The summed E-state index contributed by atoms with van der Waals surface area (Å²) in [5.41, 5.74) is 0.391. The first kappa shape index (κ1) is 17.9. The normalized spacial score (nSPS) is 26.7. The third-order valence-electron chi connectivity index (χ3n) is 4.65.